The number of ether oxygens (including phenoxy) is 1. The zero-order chi connectivity index (χ0) is 14.0. The van der Waals surface area contributed by atoms with Crippen molar-refractivity contribution in [3.05, 3.63) is 41.6 Å². The smallest absolute Gasteiger partial charge is 0.344 e. The fraction of sp³-hybridized carbons (Fsp3) is 0.267. The van der Waals surface area contributed by atoms with E-state index >= 15 is 0 Å². The molecule has 0 aliphatic heterocycles. The molecular formula is C15H17NO3. The molecule has 0 radical (unpaired) electrons. The van der Waals surface area contributed by atoms with Gasteiger partial charge in [-0.05, 0) is 20.8 Å². The number of aromatic hydroxyl groups is 1. The van der Waals surface area contributed by atoms with Crippen LogP contribution in [0.1, 0.15) is 29.9 Å². The Morgan fingerprint density at radius 2 is 1.89 bits per heavy atom. The molecule has 0 aliphatic carbocycles. The van der Waals surface area contributed by atoms with Crippen LogP contribution in [0, 0.1) is 6.92 Å². The SMILES string of the molecule is Cc1[nH]c(-c2ccccc2)c(O)c1C(=O)OC(C)C. The Morgan fingerprint density at radius 3 is 2.47 bits per heavy atom. The Hall–Kier alpha value is -2.23. The number of aromatic nitrogens is 1. The summed E-state index contributed by atoms with van der Waals surface area (Å²) >= 11 is 0. The summed E-state index contributed by atoms with van der Waals surface area (Å²) in [4.78, 5) is 15.0. The molecule has 1 heterocycles. The first-order valence-corrected chi connectivity index (χ1v) is 6.18. The van der Waals surface area contributed by atoms with Gasteiger partial charge in [0.2, 0.25) is 0 Å². The van der Waals surface area contributed by atoms with Crippen LogP contribution in [0.25, 0.3) is 11.3 Å². The third-order valence-electron chi connectivity index (χ3n) is 2.77. The Bertz CT molecular complexity index is 585. The number of carbonyl (C=O) groups excluding carboxylic acids is 1. The molecule has 0 unspecified atom stereocenters. The fourth-order valence-electron chi connectivity index (χ4n) is 1.95. The summed E-state index contributed by atoms with van der Waals surface area (Å²) in [7, 11) is 0. The number of hydrogen-bond acceptors (Lipinski definition) is 3. The first-order valence-electron chi connectivity index (χ1n) is 6.18. The van der Waals surface area contributed by atoms with E-state index in [1.54, 1.807) is 20.8 Å². The highest BCUT2D eigenvalue weighted by Crippen LogP contribution is 2.34. The summed E-state index contributed by atoms with van der Waals surface area (Å²) in [5.41, 5.74) is 2.16. The third kappa shape index (κ3) is 2.62. The van der Waals surface area contributed by atoms with E-state index in [-0.39, 0.29) is 17.4 Å². The predicted molar refractivity (Wildman–Crippen MR) is 73.2 cm³/mol. The van der Waals surface area contributed by atoms with Gasteiger partial charge in [-0.25, -0.2) is 4.79 Å². The highest BCUT2D eigenvalue weighted by molar-refractivity contribution is 5.96. The minimum atomic E-state index is -0.511. The maximum absolute atomic E-state index is 11.9. The van der Waals surface area contributed by atoms with E-state index in [9.17, 15) is 9.90 Å². The molecule has 4 nitrogen and oxygen atoms in total. The number of carbonyl (C=O) groups is 1. The highest BCUT2D eigenvalue weighted by atomic mass is 16.5. The predicted octanol–water partition coefficient (Wildman–Crippen LogP) is 3.26. The average molecular weight is 259 g/mol. The van der Waals surface area contributed by atoms with Crippen molar-refractivity contribution in [3.63, 3.8) is 0 Å². The maximum atomic E-state index is 11.9. The molecular weight excluding hydrogens is 242 g/mol. The van der Waals surface area contributed by atoms with Gasteiger partial charge in [0.25, 0.3) is 0 Å². The largest absolute Gasteiger partial charge is 0.505 e. The number of nitrogens with one attached hydrogen (secondary N) is 1. The van der Waals surface area contributed by atoms with Crippen molar-refractivity contribution in [2.24, 2.45) is 0 Å². The Labute approximate surface area is 112 Å². The molecule has 0 spiro atoms. The van der Waals surface area contributed by atoms with Gasteiger partial charge in [-0.3, -0.25) is 0 Å². The van der Waals surface area contributed by atoms with Crippen molar-refractivity contribution in [2.75, 3.05) is 0 Å². The van der Waals surface area contributed by atoms with E-state index in [4.69, 9.17) is 4.74 Å². The second kappa shape index (κ2) is 5.18. The van der Waals surface area contributed by atoms with Gasteiger partial charge < -0.3 is 14.8 Å². The van der Waals surface area contributed by atoms with Gasteiger partial charge in [-0.15, -0.1) is 0 Å². The molecule has 100 valence electrons. The molecule has 2 aromatic rings. The maximum Gasteiger partial charge on any atom is 0.344 e. The molecule has 0 saturated heterocycles. The number of esters is 1. The minimum Gasteiger partial charge on any atom is -0.505 e. The number of rotatable bonds is 3. The monoisotopic (exact) mass is 259 g/mol. The first-order chi connectivity index (χ1) is 9.00. The molecule has 0 saturated carbocycles. The molecule has 1 aromatic carbocycles. The lowest BCUT2D eigenvalue weighted by atomic mass is 10.1. The van der Waals surface area contributed by atoms with E-state index in [1.807, 2.05) is 30.3 Å². The zero-order valence-corrected chi connectivity index (χ0v) is 11.2. The number of aromatic amines is 1. The summed E-state index contributed by atoms with van der Waals surface area (Å²) in [6.45, 7) is 5.28. The van der Waals surface area contributed by atoms with E-state index in [0.29, 0.717) is 11.4 Å². The van der Waals surface area contributed by atoms with Crippen molar-refractivity contribution >= 4 is 5.97 Å². The molecule has 4 heteroatoms. The molecule has 2 rings (SSSR count). The van der Waals surface area contributed by atoms with Crippen LogP contribution in [-0.2, 0) is 4.74 Å². The van der Waals surface area contributed by atoms with Crippen LogP contribution in [0.4, 0.5) is 0 Å². The second-order valence-electron chi connectivity index (χ2n) is 4.67. The molecule has 2 N–H and O–H groups in total. The summed E-state index contributed by atoms with van der Waals surface area (Å²) in [5.74, 6) is -0.571. The normalized spacial score (nSPS) is 10.7. The first kappa shape index (κ1) is 13.2. The number of aryl methyl sites for hydroxylation is 1. The van der Waals surface area contributed by atoms with Crippen LogP contribution >= 0.6 is 0 Å². The van der Waals surface area contributed by atoms with Crippen molar-refractivity contribution in [1.29, 1.82) is 0 Å². The van der Waals surface area contributed by atoms with Crippen molar-refractivity contribution in [3.8, 4) is 17.0 Å². The van der Waals surface area contributed by atoms with Crippen molar-refractivity contribution < 1.29 is 14.6 Å². The summed E-state index contributed by atoms with van der Waals surface area (Å²) in [6.07, 6.45) is -0.221. The van der Waals surface area contributed by atoms with E-state index < -0.39 is 5.97 Å². The third-order valence-corrected chi connectivity index (χ3v) is 2.77. The quantitative estimate of drug-likeness (QED) is 0.832. The van der Waals surface area contributed by atoms with Gasteiger partial charge in [-0.2, -0.15) is 0 Å². The van der Waals surface area contributed by atoms with E-state index in [2.05, 4.69) is 4.98 Å². The molecule has 0 bridgehead atoms. The van der Waals surface area contributed by atoms with Crippen LogP contribution in [-0.4, -0.2) is 22.2 Å². The van der Waals surface area contributed by atoms with E-state index in [0.717, 1.165) is 5.56 Å². The molecule has 0 amide bonds. The van der Waals surface area contributed by atoms with Gasteiger partial charge in [0, 0.05) is 11.3 Å². The summed E-state index contributed by atoms with van der Waals surface area (Å²) < 4.78 is 5.13. The molecule has 0 aliphatic rings. The standard InChI is InChI=1S/C15H17NO3/c1-9(2)19-15(18)12-10(3)16-13(14(12)17)11-7-5-4-6-8-11/h4-9,16-17H,1-3H3. The van der Waals surface area contributed by atoms with Crippen LogP contribution in [0.3, 0.4) is 0 Å². The van der Waals surface area contributed by atoms with Gasteiger partial charge in [0.15, 0.2) is 5.75 Å². The zero-order valence-electron chi connectivity index (χ0n) is 11.2. The lowest BCUT2D eigenvalue weighted by Crippen LogP contribution is -2.12. The highest BCUT2D eigenvalue weighted by Gasteiger charge is 2.23. The van der Waals surface area contributed by atoms with E-state index in [1.165, 1.54) is 0 Å². The van der Waals surface area contributed by atoms with Gasteiger partial charge in [0.05, 0.1) is 11.8 Å². The molecule has 0 atom stereocenters. The number of benzene rings is 1. The Balaban J connectivity index is 2.43. The van der Waals surface area contributed by atoms with Gasteiger partial charge in [0.1, 0.15) is 5.56 Å². The van der Waals surface area contributed by atoms with Crippen molar-refractivity contribution in [2.45, 2.75) is 26.9 Å². The lowest BCUT2D eigenvalue weighted by molar-refractivity contribution is 0.0374. The summed E-state index contributed by atoms with van der Waals surface area (Å²) in [6, 6.07) is 9.36. The second-order valence-corrected chi connectivity index (χ2v) is 4.67. The molecule has 0 fully saturated rings. The van der Waals surface area contributed by atoms with Gasteiger partial charge in [-0.1, -0.05) is 30.3 Å². The van der Waals surface area contributed by atoms with Crippen LogP contribution < -0.4 is 0 Å². The summed E-state index contributed by atoms with van der Waals surface area (Å²) in [5, 5.41) is 10.2. The minimum absolute atomic E-state index is 0.0608. The number of hydrogen-bond donors (Lipinski definition) is 2. The van der Waals surface area contributed by atoms with Crippen LogP contribution in [0.2, 0.25) is 0 Å². The average Bonchev–Trinajstić information content (AvgIpc) is 2.65. The number of H-pyrrole nitrogens is 1. The van der Waals surface area contributed by atoms with Crippen LogP contribution in [0.5, 0.6) is 5.75 Å². The Morgan fingerprint density at radius 1 is 1.26 bits per heavy atom. The van der Waals surface area contributed by atoms with Gasteiger partial charge >= 0.3 is 5.97 Å². The molecule has 19 heavy (non-hydrogen) atoms. The van der Waals surface area contributed by atoms with Crippen LogP contribution in [0.15, 0.2) is 30.3 Å². The Kier molecular flexibility index (Phi) is 3.60. The fourth-order valence-corrected chi connectivity index (χ4v) is 1.95. The van der Waals surface area contributed by atoms with Crippen molar-refractivity contribution in [1.82, 2.24) is 4.98 Å². The topological polar surface area (TPSA) is 62.3 Å². The molecule has 1 aromatic heterocycles. The lowest BCUT2D eigenvalue weighted by Gasteiger charge is -2.07.